The summed E-state index contributed by atoms with van der Waals surface area (Å²) in [7, 11) is 0. The van der Waals surface area contributed by atoms with Crippen LogP contribution in [-0.2, 0) is 4.79 Å². The zero-order chi connectivity index (χ0) is 15.7. The van der Waals surface area contributed by atoms with E-state index in [9.17, 15) is 9.59 Å². The molecule has 2 atom stereocenters. The number of rotatable bonds is 2. The molecule has 2 amide bonds. The lowest BCUT2D eigenvalue weighted by atomic mass is 9.93. The van der Waals surface area contributed by atoms with Gasteiger partial charge in [0.25, 0.3) is 5.91 Å². The Morgan fingerprint density at radius 3 is 2.45 bits per heavy atom. The second-order valence-corrected chi connectivity index (χ2v) is 6.67. The molecule has 3 rings (SSSR count). The zero-order valence-corrected chi connectivity index (χ0v) is 13.4. The van der Waals surface area contributed by atoms with E-state index in [1.807, 2.05) is 29.2 Å². The molecule has 2 aliphatic rings. The van der Waals surface area contributed by atoms with Gasteiger partial charge in [0.2, 0.25) is 5.91 Å². The Morgan fingerprint density at radius 1 is 1.14 bits per heavy atom. The summed E-state index contributed by atoms with van der Waals surface area (Å²) in [5.74, 6) is 0.985. The van der Waals surface area contributed by atoms with E-state index in [1.165, 1.54) is 0 Å². The predicted octanol–water partition coefficient (Wildman–Crippen LogP) is 3.07. The van der Waals surface area contributed by atoms with E-state index in [4.69, 9.17) is 0 Å². The lowest BCUT2D eigenvalue weighted by molar-refractivity contribution is -0.117. The Labute approximate surface area is 132 Å². The van der Waals surface area contributed by atoms with Crippen LogP contribution in [0.5, 0.6) is 0 Å². The SMILES string of the molecule is C[C@@H]1CCN(C(=O)c2ccc(N3CCCC3=O)cc2)[C@H](C)C1. The van der Waals surface area contributed by atoms with Crippen LogP contribution >= 0.6 is 0 Å². The summed E-state index contributed by atoms with van der Waals surface area (Å²) in [6, 6.07) is 7.81. The average molecular weight is 300 g/mol. The number of carbonyl (C=O) groups is 2. The van der Waals surface area contributed by atoms with E-state index in [-0.39, 0.29) is 11.8 Å². The molecule has 2 aliphatic heterocycles. The number of carbonyl (C=O) groups excluding carboxylic acids is 2. The van der Waals surface area contributed by atoms with Crippen molar-refractivity contribution in [3.05, 3.63) is 29.8 Å². The van der Waals surface area contributed by atoms with E-state index in [0.717, 1.165) is 43.6 Å². The number of hydrogen-bond donors (Lipinski definition) is 0. The van der Waals surface area contributed by atoms with E-state index in [1.54, 1.807) is 4.90 Å². The molecule has 4 heteroatoms. The van der Waals surface area contributed by atoms with Crippen LogP contribution in [0.2, 0.25) is 0 Å². The standard InChI is InChI=1S/C18H24N2O2/c1-13-9-11-19(14(2)12-13)18(22)15-5-7-16(8-6-15)20-10-3-4-17(20)21/h5-8,13-14H,3-4,9-12H2,1-2H3/t13-,14-/m1/s1. The van der Waals surface area contributed by atoms with Crippen LogP contribution < -0.4 is 4.90 Å². The second-order valence-electron chi connectivity index (χ2n) is 6.67. The van der Waals surface area contributed by atoms with Gasteiger partial charge in [0.05, 0.1) is 0 Å². The van der Waals surface area contributed by atoms with Crippen LogP contribution in [0.3, 0.4) is 0 Å². The maximum atomic E-state index is 12.7. The minimum atomic E-state index is 0.110. The molecule has 1 aromatic carbocycles. The molecule has 0 saturated carbocycles. The van der Waals surface area contributed by atoms with E-state index < -0.39 is 0 Å². The molecule has 0 radical (unpaired) electrons. The molecule has 0 spiro atoms. The molecule has 2 fully saturated rings. The fraction of sp³-hybridized carbons (Fsp3) is 0.556. The maximum Gasteiger partial charge on any atom is 0.254 e. The van der Waals surface area contributed by atoms with Crippen LogP contribution in [0, 0.1) is 5.92 Å². The highest BCUT2D eigenvalue weighted by atomic mass is 16.2. The summed E-state index contributed by atoms with van der Waals surface area (Å²) in [4.78, 5) is 28.2. The second kappa shape index (κ2) is 6.11. The van der Waals surface area contributed by atoms with E-state index in [0.29, 0.717) is 18.4 Å². The van der Waals surface area contributed by atoms with Crippen molar-refractivity contribution in [1.29, 1.82) is 0 Å². The van der Waals surface area contributed by atoms with Crippen molar-refractivity contribution in [2.24, 2.45) is 5.92 Å². The van der Waals surface area contributed by atoms with Crippen molar-refractivity contribution in [3.8, 4) is 0 Å². The van der Waals surface area contributed by atoms with Crippen molar-refractivity contribution in [3.63, 3.8) is 0 Å². The van der Waals surface area contributed by atoms with Crippen LogP contribution in [-0.4, -0.2) is 35.8 Å². The number of hydrogen-bond acceptors (Lipinski definition) is 2. The van der Waals surface area contributed by atoms with Gasteiger partial charge in [-0.3, -0.25) is 9.59 Å². The molecular formula is C18H24N2O2. The summed E-state index contributed by atoms with van der Waals surface area (Å²) in [6.45, 7) is 6.01. The van der Waals surface area contributed by atoms with Crippen LogP contribution in [0.15, 0.2) is 24.3 Å². The summed E-state index contributed by atoms with van der Waals surface area (Å²) in [5, 5.41) is 0. The molecule has 2 saturated heterocycles. The Balaban J connectivity index is 1.72. The number of amides is 2. The molecule has 0 aliphatic carbocycles. The van der Waals surface area contributed by atoms with Gasteiger partial charge < -0.3 is 9.80 Å². The molecule has 118 valence electrons. The zero-order valence-electron chi connectivity index (χ0n) is 13.4. The highest BCUT2D eigenvalue weighted by molar-refractivity contribution is 5.97. The summed E-state index contributed by atoms with van der Waals surface area (Å²) in [6.07, 6.45) is 3.70. The van der Waals surface area contributed by atoms with Gasteiger partial charge in [-0.05, 0) is 56.4 Å². The summed E-state index contributed by atoms with van der Waals surface area (Å²) >= 11 is 0. The maximum absolute atomic E-state index is 12.7. The Hall–Kier alpha value is -1.84. The predicted molar refractivity (Wildman–Crippen MR) is 86.9 cm³/mol. The molecule has 22 heavy (non-hydrogen) atoms. The number of benzene rings is 1. The number of piperidine rings is 1. The fourth-order valence-corrected chi connectivity index (χ4v) is 3.58. The van der Waals surface area contributed by atoms with Gasteiger partial charge in [-0.1, -0.05) is 6.92 Å². The third kappa shape index (κ3) is 2.87. The smallest absolute Gasteiger partial charge is 0.254 e. The van der Waals surface area contributed by atoms with E-state index in [2.05, 4.69) is 13.8 Å². The molecular weight excluding hydrogens is 276 g/mol. The van der Waals surface area contributed by atoms with Crippen LogP contribution in [0.25, 0.3) is 0 Å². The minimum absolute atomic E-state index is 0.110. The Bertz CT molecular complexity index is 567. The van der Waals surface area contributed by atoms with Gasteiger partial charge in [-0.25, -0.2) is 0 Å². The van der Waals surface area contributed by atoms with Gasteiger partial charge in [-0.2, -0.15) is 0 Å². The van der Waals surface area contributed by atoms with Crippen molar-refractivity contribution >= 4 is 17.5 Å². The third-order valence-corrected chi connectivity index (χ3v) is 4.90. The molecule has 4 nitrogen and oxygen atoms in total. The molecule has 0 unspecified atom stereocenters. The largest absolute Gasteiger partial charge is 0.336 e. The minimum Gasteiger partial charge on any atom is -0.336 e. The summed E-state index contributed by atoms with van der Waals surface area (Å²) in [5.41, 5.74) is 1.62. The van der Waals surface area contributed by atoms with Crippen molar-refractivity contribution in [2.75, 3.05) is 18.0 Å². The lowest BCUT2D eigenvalue weighted by Crippen LogP contribution is -2.44. The van der Waals surface area contributed by atoms with Gasteiger partial charge in [0, 0.05) is 36.8 Å². The summed E-state index contributed by atoms with van der Waals surface area (Å²) < 4.78 is 0. The fourth-order valence-electron chi connectivity index (χ4n) is 3.58. The van der Waals surface area contributed by atoms with Crippen molar-refractivity contribution in [1.82, 2.24) is 4.90 Å². The first kappa shape index (κ1) is 15.1. The van der Waals surface area contributed by atoms with Crippen molar-refractivity contribution in [2.45, 2.75) is 45.6 Å². The normalized spacial score (nSPS) is 25.6. The van der Waals surface area contributed by atoms with Crippen LogP contribution in [0.4, 0.5) is 5.69 Å². The van der Waals surface area contributed by atoms with Gasteiger partial charge >= 0.3 is 0 Å². The van der Waals surface area contributed by atoms with Gasteiger partial charge in [0.15, 0.2) is 0 Å². The third-order valence-electron chi connectivity index (χ3n) is 4.90. The van der Waals surface area contributed by atoms with Crippen LogP contribution in [0.1, 0.15) is 49.9 Å². The highest BCUT2D eigenvalue weighted by Crippen LogP contribution is 2.25. The number of anilines is 1. The van der Waals surface area contributed by atoms with Gasteiger partial charge in [-0.15, -0.1) is 0 Å². The average Bonchev–Trinajstić information content (AvgIpc) is 2.93. The van der Waals surface area contributed by atoms with Gasteiger partial charge in [0.1, 0.15) is 0 Å². The Kier molecular flexibility index (Phi) is 4.19. The first-order valence-corrected chi connectivity index (χ1v) is 8.27. The first-order valence-electron chi connectivity index (χ1n) is 8.27. The quantitative estimate of drug-likeness (QED) is 0.842. The molecule has 0 bridgehead atoms. The van der Waals surface area contributed by atoms with E-state index >= 15 is 0 Å². The topological polar surface area (TPSA) is 40.6 Å². The Morgan fingerprint density at radius 2 is 1.86 bits per heavy atom. The first-order chi connectivity index (χ1) is 10.6. The number of likely N-dealkylation sites (tertiary alicyclic amines) is 1. The lowest BCUT2D eigenvalue weighted by Gasteiger charge is -2.36. The van der Waals surface area contributed by atoms with Crippen molar-refractivity contribution < 1.29 is 9.59 Å². The highest BCUT2D eigenvalue weighted by Gasteiger charge is 2.28. The molecule has 0 aromatic heterocycles. The number of nitrogens with zero attached hydrogens (tertiary/aromatic N) is 2. The molecule has 2 heterocycles. The molecule has 1 aromatic rings. The monoisotopic (exact) mass is 300 g/mol. The molecule has 0 N–H and O–H groups in total.